The normalized spacial score (nSPS) is 15.4. The molecule has 3 rings (SSSR count). The van der Waals surface area contributed by atoms with E-state index in [1.54, 1.807) is 12.1 Å². The standard InChI is InChI=1S/C10H10BrFO2.C8H6BrFO/c1-10(13-4-5-14-10)7-2-3-9(12)8(11)6-7;1-5(11)6-2-3-8(10)7(9)4-6/h2-3,6H,4-5H2,1H3;2-4H,1H3. The van der Waals surface area contributed by atoms with Gasteiger partial charge in [0.2, 0.25) is 0 Å². The molecule has 3 nitrogen and oxygen atoms in total. The molecule has 134 valence electrons. The molecule has 0 amide bonds. The third-order valence-electron chi connectivity index (χ3n) is 3.61. The Kier molecular flexibility index (Phi) is 6.85. The van der Waals surface area contributed by atoms with Crippen molar-refractivity contribution in [3.05, 3.63) is 68.1 Å². The quantitative estimate of drug-likeness (QED) is 0.528. The van der Waals surface area contributed by atoms with Crippen LogP contribution in [0, 0.1) is 11.6 Å². The maximum Gasteiger partial charge on any atom is 0.192 e. The summed E-state index contributed by atoms with van der Waals surface area (Å²) in [6, 6.07) is 8.95. The van der Waals surface area contributed by atoms with E-state index < -0.39 is 5.79 Å². The second-order valence-electron chi connectivity index (χ2n) is 5.46. The van der Waals surface area contributed by atoms with Gasteiger partial charge in [0.15, 0.2) is 11.6 Å². The van der Waals surface area contributed by atoms with Gasteiger partial charge in [-0.1, -0.05) is 6.07 Å². The van der Waals surface area contributed by atoms with E-state index in [1.165, 1.54) is 31.2 Å². The highest BCUT2D eigenvalue weighted by Gasteiger charge is 2.33. The van der Waals surface area contributed by atoms with Crippen molar-refractivity contribution < 1.29 is 23.0 Å². The van der Waals surface area contributed by atoms with Crippen LogP contribution in [0.5, 0.6) is 0 Å². The molecule has 0 radical (unpaired) electrons. The lowest BCUT2D eigenvalue weighted by molar-refractivity contribution is -0.149. The average molecular weight is 478 g/mol. The van der Waals surface area contributed by atoms with E-state index in [4.69, 9.17) is 9.47 Å². The summed E-state index contributed by atoms with van der Waals surface area (Å²) in [5.74, 6) is -1.42. The van der Waals surface area contributed by atoms with Gasteiger partial charge in [-0.2, -0.15) is 0 Å². The molecule has 1 aliphatic rings. The molecule has 0 aromatic heterocycles. The average Bonchev–Trinajstić information content (AvgIpc) is 3.01. The minimum atomic E-state index is -0.726. The molecule has 1 fully saturated rings. The van der Waals surface area contributed by atoms with Crippen LogP contribution in [0.25, 0.3) is 0 Å². The molecule has 0 N–H and O–H groups in total. The molecule has 2 aromatic carbocycles. The molecule has 7 heteroatoms. The van der Waals surface area contributed by atoms with Crippen molar-refractivity contribution in [3.8, 4) is 0 Å². The maximum atomic E-state index is 13.0. The third-order valence-corrected chi connectivity index (χ3v) is 4.82. The molecule has 0 atom stereocenters. The first-order chi connectivity index (χ1) is 11.7. The lowest BCUT2D eigenvalue weighted by Crippen LogP contribution is -2.22. The van der Waals surface area contributed by atoms with E-state index in [2.05, 4.69) is 31.9 Å². The van der Waals surface area contributed by atoms with Crippen molar-refractivity contribution in [1.82, 2.24) is 0 Å². The molecule has 0 unspecified atom stereocenters. The first-order valence-corrected chi connectivity index (χ1v) is 9.01. The fourth-order valence-corrected chi connectivity index (χ4v) is 2.93. The highest BCUT2D eigenvalue weighted by Crippen LogP contribution is 2.32. The Morgan fingerprint density at radius 1 is 1.00 bits per heavy atom. The van der Waals surface area contributed by atoms with E-state index in [0.717, 1.165) is 5.56 Å². The summed E-state index contributed by atoms with van der Waals surface area (Å²) >= 11 is 6.12. The van der Waals surface area contributed by atoms with Gasteiger partial charge in [-0.05, 0) is 76.0 Å². The lowest BCUT2D eigenvalue weighted by Gasteiger charge is -2.22. The number of hydrogen-bond donors (Lipinski definition) is 0. The Hall–Kier alpha value is -1.15. The number of hydrogen-bond acceptors (Lipinski definition) is 3. The number of ketones is 1. The van der Waals surface area contributed by atoms with Gasteiger partial charge in [-0.3, -0.25) is 4.79 Å². The zero-order chi connectivity index (χ0) is 18.6. The Morgan fingerprint density at radius 3 is 2.00 bits per heavy atom. The number of carbonyl (C=O) groups is 1. The van der Waals surface area contributed by atoms with E-state index in [0.29, 0.717) is 27.7 Å². The Bertz CT molecular complexity index is 775. The van der Waals surface area contributed by atoms with E-state index in [1.807, 2.05) is 6.92 Å². The second-order valence-corrected chi connectivity index (χ2v) is 7.17. The van der Waals surface area contributed by atoms with Crippen LogP contribution in [-0.4, -0.2) is 19.0 Å². The largest absolute Gasteiger partial charge is 0.344 e. The fourth-order valence-electron chi connectivity index (χ4n) is 2.17. The van der Waals surface area contributed by atoms with Crippen molar-refractivity contribution in [2.75, 3.05) is 13.2 Å². The van der Waals surface area contributed by atoms with Gasteiger partial charge in [0.25, 0.3) is 0 Å². The molecular weight excluding hydrogens is 462 g/mol. The second kappa shape index (κ2) is 8.49. The van der Waals surface area contributed by atoms with Gasteiger partial charge in [0.05, 0.1) is 22.2 Å². The smallest absolute Gasteiger partial charge is 0.192 e. The molecule has 0 saturated carbocycles. The van der Waals surface area contributed by atoms with Crippen molar-refractivity contribution in [3.63, 3.8) is 0 Å². The summed E-state index contributed by atoms with van der Waals surface area (Å²) in [6.07, 6.45) is 0. The molecule has 1 heterocycles. The molecule has 0 aliphatic carbocycles. The Balaban J connectivity index is 0.000000186. The number of halogens is 4. The van der Waals surface area contributed by atoms with Crippen molar-refractivity contribution in [2.45, 2.75) is 19.6 Å². The molecule has 2 aromatic rings. The summed E-state index contributed by atoms with van der Waals surface area (Å²) in [6.45, 7) is 4.43. The van der Waals surface area contributed by atoms with Gasteiger partial charge < -0.3 is 9.47 Å². The van der Waals surface area contributed by atoms with Crippen LogP contribution in [0.3, 0.4) is 0 Å². The lowest BCUT2D eigenvalue weighted by atomic mass is 10.1. The zero-order valence-electron chi connectivity index (χ0n) is 13.6. The first-order valence-electron chi connectivity index (χ1n) is 7.42. The van der Waals surface area contributed by atoms with Gasteiger partial charge in [0.1, 0.15) is 11.6 Å². The van der Waals surface area contributed by atoms with Crippen molar-refractivity contribution in [2.24, 2.45) is 0 Å². The van der Waals surface area contributed by atoms with Gasteiger partial charge in [-0.25, -0.2) is 8.78 Å². The summed E-state index contributed by atoms with van der Waals surface area (Å²) in [4.78, 5) is 10.8. The van der Waals surface area contributed by atoms with Gasteiger partial charge >= 0.3 is 0 Å². The molecule has 0 bridgehead atoms. The van der Waals surface area contributed by atoms with Crippen LogP contribution in [0.15, 0.2) is 45.3 Å². The number of carbonyl (C=O) groups excluding carboxylic acids is 1. The predicted octanol–water partition coefficient (Wildman–Crippen LogP) is 5.60. The fraction of sp³-hybridized carbons (Fsp3) is 0.278. The monoisotopic (exact) mass is 476 g/mol. The van der Waals surface area contributed by atoms with E-state index >= 15 is 0 Å². The highest BCUT2D eigenvalue weighted by molar-refractivity contribution is 9.10. The minimum absolute atomic E-state index is 0.0642. The van der Waals surface area contributed by atoms with E-state index in [9.17, 15) is 13.6 Å². The number of Topliss-reactive ketones (excluding diaryl/α,β-unsaturated/α-hetero) is 1. The molecular formula is C18H16Br2F2O3. The zero-order valence-corrected chi connectivity index (χ0v) is 16.8. The summed E-state index contributed by atoms with van der Waals surface area (Å²) < 4.78 is 37.2. The summed E-state index contributed by atoms with van der Waals surface area (Å²) in [5, 5.41) is 0. The molecule has 1 aliphatic heterocycles. The van der Waals surface area contributed by atoms with Gasteiger partial charge in [-0.15, -0.1) is 0 Å². The summed E-state index contributed by atoms with van der Waals surface area (Å²) in [7, 11) is 0. The molecule has 25 heavy (non-hydrogen) atoms. The molecule has 0 spiro atoms. The van der Waals surface area contributed by atoms with Crippen LogP contribution in [-0.2, 0) is 15.3 Å². The van der Waals surface area contributed by atoms with Crippen molar-refractivity contribution >= 4 is 37.6 Å². The Morgan fingerprint density at radius 2 is 1.52 bits per heavy atom. The van der Waals surface area contributed by atoms with Crippen LogP contribution in [0.4, 0.5) is 8.78 Å². The first kappa shape index (κ1) is 20.2. The topological polar surface area (TPSA) is 35.5 Å². The maximum absolute atomic E-state index is 13.0. The van der Waals surface area contributed by atoms with E-state index in [-0.39, 0.29) is 17.4 Å². The Labute approximate surface area is 161 Å². The third kappa shape index (κ3) is 5.17. The number of ether oxygens (including phenoxy) is 2. The summed E-state index contributed by atoms with van der Waals surface area (Å²) in [5.41, 5.74) is 1.33. The van der Waals surface area contributed by atoms with Crippen LogP contribution in [0.2, 0.25) is 0 Å². The van der Waals surface area contributed by atoms with Crippen LogP contribution in [0.1, 0.15) is 29.8 Å². The highest BCUT2D eigenvalue weighted by atomic mass is 79.9. The SMILES string of the molecule is CC(=O)c1ccc(F)c(Br)c1.CC1(c2ccc(F)c(Br)c2)OCCO1. The molecule has 1 saturated heterocycles. The minimum Gasteiger partial charge on any atom is -0.344 e. The van der Waals surface area contributed by atoms with Gasteiger partial charge in [0, 0.05) is 11.1 Å². The predicted molar refractivity (Wildman–Crippen MR) is 97.5 cm³/mol. The van der Waals surface area contributed by atoms with Crippen LogP contribution < -0.4 is 0 Å². The van der Waals surface area contributed by atoms with Crippen LogP contribution >= 0.6 is 31.9 Å². The van der Waals surface area contributed by atoms with Crippen molar-refractivity contribution in [1.29, 1.82) is 0 Å². The number of benzene rings is 2. The number of rotatable bonds is 2.